The van der Waals surface area contributed by atoms with Gasteiger partial charge in [-0.1, -0.05) is 26.8 Å². The summed E-state index contributed by atoms with van der Waals surface area (Å²) in [5.74, 6) is 2.20. The summed E-state index contributed by atoms with van der Waals surface area (Å²) in [4.78, 5) is 19.2. The summed E-state index contributed by atoms with van der Waals surface area (Å²) in [7, 11) is 2.15. The van der Waals surface area contributed by atoms with Crippen LogP contribution in [0, 0.1) is 11.8 Å². The lowest BCUT2D eigenvalue weighted by Crippen LogP contribution is -2.46. The van der Waals surface area contributed by atoms with Crippen LogP contribution in [0.1, 0.15) is 63.9 Å². The molecule has 1 aromatic carbocycles. The Balaban J connectivity index is 1.01. The normalized spacial score (nSPS) is 27.6. The molecular weight excluding hydrogens is 490 g/mol. The second-order valence-electron chi connectivity index (χ2n) is 12.9. The summed E-state index contributed by atoms with van der Waals surface area (Å²) in [6.07, 6.45) is 6.86. The Labute approximate surface area is 229 Å². The van der Waals surface area contributed by atoms with Gasteiger partial charge in [-0.05, 0) is 67.8 Å². The quantitative estimate of drug-likeness (QED) is 0.285. The SMILES string of the molecule is CN(C[C@H]1C[C@@H](n2ccc3c(N)ncnc32)[C@@H](O)[C@@H]1O)C1CC(CCc2nc3ccc(C(C)(C)C)cc3[nH]2)C1. The first kappa shape index (κ1) is 26.2. The maximum Gasteiger partial charge on any atom is 0.145 e. The number of hydrogen-bond donors (Lipinski definition) is 4. The topological polar surface area (TPSA) is 129 Å². The Bertz CT molecular complexity index is 1470. The van der Waals surface area contributed by atoms with Crippen molar-refractivity contribution in [3.63, 3.8) is 0 Å². The summed E-state index contributed by atoms with van der Waals surface area (Å²) in [6.45, 7) is 7.47. The summed E-state index contributed by atoms with van der Waals surface area (Å²) in [5, 5.41) is 22.6. The number of anilines is 1. The van der Waals surface area contributed by atoms with Crippen LogP contribution in [-0.4, -0.2) is 71.5 Å². The van der Waals surface area contributed by atoms with E-state index in [0.717, 1.165) is 54.5 Å². The van der Waals surface area contributed by atoms with Crippen molar-refractivity contribution >= 4 is 27.9 Å². The van der Waals surface area contributed by atoms with E-state index in [9.17, 15) is 10.2 Å². The molecule has 0 saturated heterocycles. The van der Waals surface area contributed by atoms with E-state index in [1.165, 1.54) is 11.9 Å². The Hall–Kier alpha value is -3.01. The highest BCUT2D eigenvalue weighted by atomic mass is 16.3. The van der Waals surface area contributed by atoms with Crippen LogP contribution >= 0.6 is 0 Å². The number of nitrogens with zero attached hydrogens (tertiary/aromatic N) is 5. The zero-order valence-corrected chi connectivity index (χ0v) is 23.4. The van der Waals surface area contributed by atoms with E-state index >= 15 is 0 Å². The van der Waals surface area contributed by atoms with Crippen LogP contribution in [0.4, 0.5) is 5.82 Å². The van der Waals surface area contributed by atoms with Crippen molar-refractivity contribution in [2.75, 3.05) is 19.3 Å². The molecular formula is C30H41N7O2. The third kappa shape index (κ3) is 4.92. The molecule has 0 radical (unpaired) electrons. The number of hydrogen-bond acceptors (Lipinski definition) is 7. The van der Waals surface area contributed by atoms with Crippen LogP contribution in [0.25, 0.3) is 22.1 Å². The number of imidazole rings is 1. The summed E-state index contributed by atoms with van der Waals surface area (Å²) >= 11 is 0. The minimum absolute atomic E-state index is 0.000720. The number of fused-ring (bicyclic) bond motifs is 2. The maximum atomic E-state index is 10.9. The summed E-state index contributed by atoms with van der Waals surface area (Å²) in [5.41, 5.74) is 10.3. The Morgan fingerprint density at radius 1 is 1.10 bits per heavy atom. The molecule has 2 fully saturated rings. The van der Waals surface area contributed by atoms with Crippen molar-refractivity contribution in [1.29, 1.82) is 0 Å². The fourth-order valence-electron chi connectivity index (χ4n) is 6.62. The van der Waals surface area contributed by atoms with Crippen LogP contribution in [0.15, 0.2) is 36.8 Å². The van der Waals surface area contributed by atoms with Crippen LogP contribution in [0.3, 0.4) is 0 Å². The average Bonchev–Trinajstić information content (AvgIpc) is 3.54. The largest absolute Gasteiger partial charge is 0.390 e. The fourth-order valence-corrected chi connectivity index (χ4v) is 6.62. The number of aryl methyl sites for hydroxylation is 1. The van der Waals surface area contributed by atoms with Crippen LogP contribution in [-0.2, 0) is 11.8 Å². The number of H-pyrrole nitrogens is 1. The maximum absolute atomic E-state index is 10.9. The average molecular weight is 532 g/mol. The highest BCUT2D eigenvalue weighted by Crippen LogP contribution is 2.40. The predicted molar refractivity (Wildman–Crippen MR) is 153 cm³/mol. The zero-order valence-electron chi connectivity index (χ0n) is 23.4. The summed E-state index contributed by atoms with van der Waals surface area (Å²) in [6, 6.07) is 8.72. The third-order valence-corrected chi connectivity index (χ3v) is 9.21. The number of aromatic nitrogens is 5. The van der Waals surface area contributed by atoms with E-state index in [1.807, 2.05) is 16.8 Å². The molecule has 5 N–H and O–H groups in total. The number of rotatable bonds is 7. The number of nitrogens with two attached hydrogens (primary N) is 1. The van der Waals surface area contributed by atoms with Crippen molar-refractivity contribution < 1.29 is 10.2 Å². The molecule has 0 spiro atoms. The van der Waals surface area contributed by atoms with Gasteiger partial charge < -0.3 is 30.4 Å². The molecule has 0 unspecified atom stereocenters. The molecule has 3 aromatic heterocycles. The van der Waals surface area contributed by atoms with E-state index in [4.69, 9.17) is 10.7 Å². The molecule has 2 aliphatic carbocycles. The van der Waals surface area contributed by atoms with Gasteiger partial charge in [-0.25, -0.2) is 15.0 Å². The number of nitrogen functional groups attached to an aromatic ring is 1. The minimum atomic E-state index is -0.840. The van der Waals surface area contributed by atoms with Crippen LogP contribution in [0.5, 0.6) is 0 Å². The van der Waals surface area contributed by atoms with Crippen LogP contribution in [0.2, 0.25) is 0 Å². The molecule has 2 saturated carbocycles. The number of aliphatic hydroxyl groups is 2. The van der Waals surface area contributed by atoms with E-state index in [-0.39, 0.29) is 17.4 Å². The van der Waals surface area contributed by atoms with Gasteiger partial charge in [-0.3, -0.25) is 0 Å². The molecule has 0 bridgehead atoms. The highest BCUT2D eigenvalue weighted by molar-refractivity contribution is 5.86. The third-order valence-electron chi connectivity index (χ3n) is 9.21. The molecule has 39 heavy (non-hydrogen) atoms. The monoisotopic (exact) mass is 531 g/mol. The molecule has 9 heteroatoms. The van der Waals surface area contributed by atoms with Gasteiger partial charge >= 0.3 is 0 Å². The molecule has 2 aliphatic rings. The number of aromatic amines is 1. The lowest BCUT2D eigenvalue weighted by molar-refractivity contribution is -0.00658. The van der Waals surface area contributed by atoms with Crippen molar-refractivity contribution in [3.05, 3.63) is 48.2 Å². The Morgan fingerprint density at radius 3 is 2.67 bits per heavy atom. The number of nitrogens with one attached hydrogen (secondary N) is 1. The Morgan fingerprint density at radius 2 is 1.90 bits per heavy atom. The van der Waals surface area contributed by atoms with Gasteiger partial charge in [0.25, 0.3) is 0 Å². The van der Waals surface area contributed by atoms with E-state index in [1.54, 1.807) is 0 Å². The standard InChI is InChI=1S/C30H41N7O2/c1-30(2,3)19-6-7-22-23(14-19)35-25(34-22)8-5-17-11-20(12-17)36(4)15-18-13-24(27(39)26(18)38)37-10-9-21-28(31)32-16-33-29(21)37/h6-7,9-10,14,16-18,20,24,26-27,38-39H,5,8,11-13,15H2,1-4H3,(H,34,35)(H2,31,32,33)/t17?,18-,20?,24-,26-,27-/m1/s1. The lowest BCUT2D eigenvalue weighted by Gasteiger charge is -2.42. The first-order valence-electron chi connectivity index (χ1n) is 14.2. The Kier molecular flexibility index (Phi) is 6.64. The van der Waals surface area contributed by atoms with Gasteiger partial charge in [-0.2, -0.15) is 0 Å². The van der Waals surface area contributed by atoms with Gasteiger partial charge in [0.1, 0.15) is 29.7 Å². The molecule has 0 amide bonds. The smallest absolute Gasteiger partial charge is 0.145 e. The molecule has 9 nitrogen and oxygen atoms in total. The number of benzene rings is 1. The number of aliphatic hydroxyl groups excluding tert-OH is 2. The van der Waals surface area contributed by atoms with Crippen LogP contribution < -0.4 is 5.73 Å². The zero-order chi connectivity index (χ0) is 27.5. The van der Waals surface area contributed by atoms with Crippen molar-refractivity contribution in [2.45, 2.75) is 82.6 Å². The van der Waals surface area contributed by atoms with Crippen molar-refractivity contribution in [2.24, 2.45) is 11.8 Å². The van der Waals surface area contributed by atoms with Crippen molar-refractivity contribution in [1.82, 2.24) is 29.4 Å². The second kappa shape index (κ2) is 9.87. The predicted octanol–water partition coefficient (Wildman–Crippen LogP) is 3.81. The molecule has 6 rings (SSSR count). The lowest BCUT2D eigenvalue weighted by atomic mass is 9.76. The van der Waals surface area contributed by atoms with Gasteiger partial charge in [0, 0.05) is 31.1 Å². The first-order valence-corrected chi connectivity index (χ1v) is 14.2. The van der Waals surface area contributed by atoms with Gasteiger partial charge in [-0.15, -0.1) is 0 Å². The fraction of sp³-hybridized carbons (Fsp3) is 0.567. The molecule has 4 atom stereocenters. The van der Waals surface area contributed by atoms with Gasteiger partial charge in [0.2, 0.25) is 0 Å². The highest BCUT2D eigenvalue weighted by Gasteiger charge is 2.44. The first-order chi connectivity index (χ1) is 18.6. The molecule has 0 aliphatic heterocycles. The summed E-state index contributed by atoms with van der Waals surface area (Å²) < 4.78 is 1.95. The van der Waals surface area contributed by atoms with E-state index < -0.39 is 12.2 Å². The minimum Gasteiger partial charge on any atom is -0.390 e. The van der Waals surface area contributed by atoms with Gasteiger partial charge in [0.05, 0.1) is 28.6 Å². The molecule has 3 heterocycles. The van der Waals surface area contributed by atoms with E-state index in [0.29, 0.717) is 29.8 Å². The van der Waals surface area contributed by atoms with Gasteiger partial charge in [0.15, 0.2) is 0 Å². The molecule has 4 aromatic rings. The second-order valence-corrected chi connectivity index (χ2v) is 12.9. The van der Waals surface area contributed by atoms with Crippen molar-refractivity contribution in [3.8, 4) is 0 Å². The van der Waals surface area contributed by atoms with E-state index in [2.05, 4.69) is 65.9 Å². The molecule has 208 valence electrons.